The van der Waals surface area contributed by atoms with Crippen LogP contribution >= 0.6 is 101 Å². The molecule has 438 valence electrons. The van der Waals surface area contributed by atoms with Crippen molar-refractivity contribution in [1.29, 1.82) is 0 Å². The van der Waals surface area contributed by atoms with Gasteiger partial charge in [0.2, 0.25) is 0 Å². The van der Waals surface area contributed by atoms with E-state index in [4.69, 9.17) is 91.1 Å². The highest BCUT2D eigenvalue weighted by Crippen LogP contribution is 2.35. The number of hydrogen-bond donors (Lipinski definition) is 5. The smallest absolute Gasteiger partial charge is 0.423 e. The van der Waals surface area contributed by atoms with Crippen molar-refractivity contribution < 1.29 is 34.3 Å². The zero-order valence-electron chi connectivity index (χ0n) is 44.5. The maximum atomic E-state index is 11.9. The molecule has 0 radical (unpaired) electrons. The molecule has 0 saturated heterocycles. The minimum Gasteiger partial charge on any atom is -0.423 e. The van der Waals surface area contributed by atoms with Crippen LogP contribution in [0.2, 0.25) is 30.1 Å². The number of aliphatic hydroxyl groups excluding tert-OH is 1. The molecule has 0 amide bonds. The van der Waals surface area contributed by atoms with Crippen LogP contribution in [0.5, 0.6) is 0 Å². The van der Waals surface area contributed by atoms with E-state index >= 15 is 0 Å². The Labute approximate surface area is 535 Å². The average molecular weight is 1400 g/mol. The Kier molecular flexibility index (Phi) is 25.8. The lowest BCUT2D eigenvalue weighted by Gasteiger charge is -2.10. The average Bonchev–Trinajstić information content (AvgIpc) is 2.92. The Bertz CT molecular complexity index is 4210. The van der Waals surface area contributed by atoms with Crippen LogP contribution in [-0.2, 0) is 6.61 Å². The van der Waals surface area contributed by atoms with E-state index in [9.17, 15) is 24.3 Å². The predicted octanol–water partition coefficient (Wildman–Crippen LogP) is 14.4. The number of fused-ring (bicyclic) bond motifs is 3. The second-order valence-corrected chi connectivity index (χ2v) is 21.9. The van der Waals surface area contributed by atoms with E-state index in [0.29, 0.717) is 63.5 Å². The number of imidazole rings is 3. The number of aliphatic hydroxyl groups is 1. The third-order valence-corrected chi connectivity index (χ3v) is 14.6. The minimum absolute atomic E-state index is 0. The fourth-order valence-electron chi connectivity index (χ4n) is 7.57. The van der Waals surface area contributed by atoms with E-state index in [1.165, 1.54) is 45.3 Å². The van der Waals surface area contributed by atoms with Gasteiger partial charge in [0.15, 0.2) is 23.1 Å². The molecule has 0 aliphatic heterocycles. The highest BCUT2D eigenvalue weighted by Gasteiger charge is 2.17. The summed E-state index contributed by atoms with van der Waals surface area (Å²) in [5.41, 5.74) is 19.7. The summed E-state index contributed by atoms with van der Waals surface area (Å²) < 4.78 is 7.08. The molecule has 0 saturated carbocycles. The van der Waals surface area contributed by atoms with Gasteiger partial charge >= 0.3 is 7.12 Å². The molecule has 0 fully saturated rings. The number of carbonyl (C=O) groups is 4. The molecule has 8 aromatic heterocycles. The standard InChI is InChI=1S/C15H10Cl2N2O.C14H10Cl2N2O.C9H7BrN2O.C7H7BrN2O.C7H8N2O.C6H5BCl2O2.CH4/c1-9(20)12-7-15-18-4-5-19(15)8-13(12)11-3-2-10(16)6-14(11)17;15-10-1-2-11(13(16)6-10)12-7-18-4-3-17-14(18)5-9(12)8-19;1-6(13)7-4-9-11-2-3-12(9)5-8(7)10;1-4(11)5-2-7(9)10-3-6(5)8;1-5(10)6-2-3-9-7(8)4-6;8-4-1-2-5(7(10)11)6(9)3-4;/h2-8H,1H3;1-7,19H,8H2;2-5H,1H3;2-3H,1H3,(H2,9,10);2-4H,1H3,(H2,8,9);1-3,10-11H;1H4. The first kappa shape index (κ1) is 68.7. The van der Waals surface area contributed by atoms with Crippen LogP contribution in [0.1, 0.15) is 82.1 Å². The third-order valence-electron chi connectivity index (χ3n) is 11.7. The summed E-state index contributed by atoms with van der Waals surface area (Å²) in [5, 5.41) is 29.9. The van der Waals surface area contributed by atoms with Gasteiger partial charge in [-0.15, -0.1) is 0 Å². The number of aromatic nitrogens is 8. The number of benzene rings is 3. The van der Waals surface area contributed by atoms with Gasteiger partial charge in [-0.25, -0.2) is 24.9 Å². The van der Waals surface area contributed by atoms with E-state index in [0.717, 1.165) is 49.2 Å². The van der Waals surface area contributed by atoms with Gasteiger partial charge < -0.3 is 39.8 Å². The number of nitrogens with two attached hydrogens (primary N) is 2. The van der Waals surface area contributed by atoms with E-state index in [1.807, 2.05) is 68.6 Å². The molecule has 85 heavy (non-hydrogen) atoms. The molecule has 0 spiro atoms. The zero-order chi connectivity index (χ0) is 61.5. The molecular weight excluding hydrogens is 1340 g/mol. The SMILES string of the molecule is C.CC(=O)c1cc(N)ncc1Br.CC(=O)c1cc2nccn2cc1-c1ccc(Cl)cc1Cl.CC(=O)c1cc2nccn2cc1Br.CC(=O)c1ccnc(N)c1.OB(O)c1ccc(Cl)cc1Cl.OCc1cc2nccn2cc1-c1ccc(Cl)cc1Cl. The fourth-order valence-corrected chi connectivity index (χ4v) is 10.2. The number of rotatable bonds is 8. The quantitative estimate of drug-likeness (QED) is 0.0700. The largest absolute Gasteiger partial charge is 0.489 e. The number of hydrogen-bond acceptors (Lipinski definition) is 14. The molecule has 11 rings (SSSR count). The number of anilines is 2. The maximum Gasteiger partial charge on any atom is 0.489 e. The summed E-state index contributed by atoms with van der Waals surface area (Å²) >= 11 is 42.0. The molecule has 8 heterocycles. The fraction of sp³-hybridized carbons (Fsp3) is 0.102. The first-order valence-electron chi connectivity index (χ1n) is 24.4. The Morgan fingerprint density at radius 1 is 0.494 bits per heavy atom. The minimum atomic E-state index is -1.54. The molecular formula is C59H51BBr2Cl6N10O7. The van der Waals surface area contributed by atoms with Crippen LogP contribution in [0.25, 0.3) is 39.2 Å². The van der Waals surface area contributed by atoms with E-state index in [1.54, 1.807) is 86.2 Å². The van der Waals surface area contributed by atoms with Crippen molar-refractivity contribution in [2.45, 2.75) is 41.7 Å². The van der Waals surface area contributed by atoms with Crippen molar-refractivity contribution in [1.82, 2.24) is 38.1 Å². The second kappa shape index (κ2) is 31.9. The van der Waals surface area contributed by atoms with Gasteiger partial charge in [0.05, 0.1) is 6.61 Å². The van der Waals surface area contributed by atoms with Crippen molar-refractivity contribution >= 4 is 166 Å². The highest BCUT2D eigenvalue weighted by molar-refractivity contribution is 9.10. The maximum absolute atomic E-state index is 11.9. The highest BCUT2D eigenvalue weighted by atomic mass is 79.9. The summed E-state index contributed by atoms with van der Waals surface area (Å²) in [6.45, 7) is 5.98. The molecule has 0 atom stereocenters. The zero-order valence-corrected chi connectivity index (χ0v) is 52.2. The van der Waals surface area contributed by atoms with Gasteiger partial charge in [-0.05, 0) is 138 Å². The molecule has 0 unspecified atom stereocenters. The number of halogens is 8. The Morgan fingerprint density at radius 2 is 0.941 bits per heavy atom. The normalized spacial score (nSPS) is 10.3. The molecule has 11 aromatic rings. The Hall–Kier alpha value is -7.05. The lowest BCUT2D eigenvalue weighted by Crippen LogP contribution is -2.30. The van der Waals surface area contributed by atoms with E-state index in [2.05, 4.69) is 56.8 Å². The molecule has 0 bridgehead atoms. The summed E-state index contributed by atoms with van der Waals surface area (Å²) in [7, 11) is -1.54. The van der Waals surface area contributed by atoms with Gasteiger partial charge in [0.1, 0.15) is 28.6 Å². The van der Waals surface area contributed by atoms with Crippen LogP contribution in [-0.4, -0.2) is 83.5 Å². The van der Waals surface area contributed by atoms with Crippen LogP contribution < -0.4 is 16.9 Å². The van der Waals surface area contributed by atoms with Crippen LogP contribution in [0, 0.1) is 0 Å². The molecule has 26 heteroatoms. The molecule has 3 aromatic carbocycles. The number of nitrogen functional groups attached to an aromatic ring is 2. The van der Waals surface area contributed by atoms with Crippen molar-refractivity contribution in [2.24, 2.45) is 0 Å². The van der Waals surface area contributed by atoms with Gasteiger partial charge in [-0.3, -0.25) is 19.2 Å². The monoisotopic (exact) mass is 1390 g/mol. The summed E-state index contributed by atoms with van der Waals surface area (Å²) in [4.78, 5) is 64.7. The summed E-state index contributed by atoms with van der Waals surface area (Å²) in [6, 6.07) is 25.2. The Balaban J connectivity index is 0.000000190. The van der Waals surface area contributed by atoms with Gasteiger partial charge in [0, 0.05) is 157 Å². The van der Waals surface area contributed by atoms with Crippen molar-refractivity contribution in [3.8, 4) is 22.3 Å². The third kappa shape index (κ3) is 19.0. The number of Topliss-reactive ketones (excluding diaryl/α,β-unsaturated/α-hetero) is 4. The molecule has 0 aliphatic carbocycles. The van der Waals surface area contributed by atoms with Crippen LogP contribution in [0.15, 0.2) is 168 Å². The lowest BCUT2D eigenvalue weighted by molar-refractivity contribution is 0.100. The molecule has 17 nitrogen and oxygen atoms in total. The van der Waals surface area contributed by atoms with Gasteiger partial charge in [-0.1, -0.05) is 95.2 Å². The predicted molar refractivity (Wildman–Crippen MR) is 348 cm³/mol. The molecule has 7 N–H and O–H groups in total. The van der Waals surface area contributed by atoms with Gasteiger partial charge in [0.25, 0.3) is 0 Å². The summed E-state index contributed by atoms with van der Waals surface area (Å²) in [6.07, 6.45) is 19.2. The van der Waals surface area contributed by atoms with Crippen molar-refractivity contribution in [2.75, 3.05) is 11.5 Å². The number of nitrogens with zero attached hydrogens (tertiary/aromatic N) is 8. The number of carbonyl (C=O) groups excluding carboxylic acids is 4. The second-order valence-electron chi connectivity index (χ2n) is 17.7. The Morgan fingerprint density at radius 3 is 1.39 bits per heavy atom. The first-order valence-corrected chi connectivity index (χ1v) is 28.2. The molecule has 0 aliphatic rings. The first-order chi connectivity index (χ1) is 39.8. The van der Waals surface area contributed by atoms with E-state index < -0.39 is 7.12 Å². The lowest BCUT2D eigenvalue weighted by atomic mass is 9.80. The summed E-state index contributed by atoms with van der Waals surface area (Å²) in [5.74, 6) is 0.736. The van der Waals surface area contributed by atoms with Gasteiger partial charge in [-0.2, -0.15) is 0 Å². The van der Waals surface area contributed by atoms with E-state index in [-0.39, 0.29) is 47.7 Å². The van der Waals surface area contributed by atoms with Crippen LogP contribution in [0.3, 0.4) is 0 Å². The number of ketones is 4. The topological polar surface area (TPSA) is 259 Å². The van der Waals surface area contributed by atoms with Crippen molar-refractivity contribution in [3.05, 3.63) is 226 Å². The number of pyridine rings is 5. The van der Waals surface area contributed by atoms with Crippen molar-refractivity contribution in [3.63, 3.8) is 0 Å². The van der Waals surface area contributed by atoms with Crippen LogP contribution in [0.4, 0.5) is 11.6 Å².